The fourth-order valence-corrected chi connectivity index (χ4v) is 6.41. The average molecular weight is 500 g/mol. The average Bonchev–Trinajstić information content (AvgIpc) is 3.34. The molecule has 1 unspecified atom stereocenters. The Morgan fingerprint density at radius 2 is 1.97 bits per heavy atom. The van der Waals surface area contributed by atoms with Gasteiger partial charge in [-0.05, 0) is 49.1 Å². The second-order valence-electron chi connectivity index (χ2n) is 8.76. The van der Waals surface area contributed by atoms with E-state index in [4.69, 9.17) is 4.74 Å². The number of rotatable bonds is 6. The third kappa shape index (κ3) is 3.88. The normalized spacial score (nSPS) is 21.7. The number of piperidine rings is 1. The number of ether oxygens (including phenoxy) is 1. The number of pyridine rings is 1. The number of amides is 3. The second kappa shape index (κ2) is 8.54. The monoisotopic (exact) mass is 499 g/mol. The number of benzene rings is 1. The van der Waals surface area contributed by atoms with Crippen LogP contribution < -0.4 is 15.4 Å². The third-order valence-corrected chi connectivity index (χ3v) is 8.66. The van der Waals surface area contributed by atoms with E-state index in [1.165, 1.54) is 21.1 Å². The van der Waals surface area contributed by atoms with Crippen molar-refractivity contribution in [3.63, 3.8) is 0 Å². The summed E-state index contributed by atoms with van der Waals surface area (Å²) in [7, 11) is -2.22. The fourth-order valence-electron chi connectivity index (χ4n) is 5.01. The molecule has 5 rings (SSSR count). The molecule has 1 atom stereocenters. The van der Waals surface area contributed by atoms with Crippen LogP contribution in [0, 0.1) is 5.92 Å². The summed E-state index contributed by atoms with van der Waals surface area (Å²) in [6, 6.07) is 9.31. The zero-order chi connectivity index (χ0) is 24.8. The summed E-state index contributed by atoms with van der Waals surface area (Å²) in [6.07, 6.45) is 3.81. The molecule has 11 nitrogen and oxygen atoms in total. The Labute approximate surface area is 201 Å². The first-order chi connectivity index (χ1) is 16.7. The number of urea groups is 1. The van der Waals surface area contributed by atoms with Crippen LogP contribution in [-0.4, -0.2) is 65.1 Å². The Hall–Kier alpha value is -3.64. The number of hydrogen-bond acceptors (Lipinski definition) is 7. The quantitative estimate of drug-likeness (QED) is 0.436. The van der Waals surface area contributed by atoms with Gasteiger partial charge in [0.05, 0.1) is 13.7 Å². The molecule has 2 aliphatic rings. The largest absolute Gasteiger partial charge is 0.497 e. The summed E-state index contributed by atoms with van der Waals surface area (Å²) in [4.78, 5) is 29.3. The van der Waals surface area contributed by atoms with Crippen LogP contribution in [0.2, 0.25) is 0 Å². The Morgan fingerprint density at radius 1 is 1.20 bits per heavy atom. The molecule has 0 saturated carbocycles. The number of aromatic hydroxyl groups is 1. The van der Waals surface area contributed by atoms with Gasteiger partial charge in [-0.2, -0.15) is 4.31 Å². The van der Waals surface area contributed by atoms with Crippen molar-refractivity contribution < 1.29 is 27.9 Å². The predicted octanol–water partition coefficient (Wildman–Crippen LogP) is 1.43. The molecule has 2 saturated heterocycles. The highest BCUT2D eigenvalue weighted by Crippen LogP contribution is 2.37. The summed E-state index contributed by atoms with van der Waals surface area (Å²) in [6.45, 7) is 0.335. The van der Waals surface area contributed by atoms with E-state index in [1.54, 1.807) is 43.6 Å². The minimum atomic E-state index is -3.77. The van der Waals surface area contributed by atoms with Gasteiger partial charge < -0.3 is 19.7 Å². The molecule has 184 valence electrons. The maximum Gasteiger partial charge on any atom is 0.322 e. The van der Waals surface area contributed by atoms with Crippen LogP contribution in [0.3, 0.4) is 0 Å². The molecule has 0 radical (unpaired) electrons. The van der Waals surface area contributed by atoms with Gasteiger partial charge in [0.25, 0.3) is 15.9 Å². The molecule has 0 bridgehead atoms. The number of nitrogens with one attached hydrogen (secondary N) is 2. The first-order valence-corrected chi connectivity index (χ1v) is 12.6. The highest BCUT2D eigenvalue weighted by molar-refractivity contribution is 7.89. The lowest BCUT2D eigenvalue weighted by atomic mass is 9.77. The number of methoxy groups -OCH3 is 1. The number of aromatic nitrogens is 2. The summed E-state index contributed by atoms with van der Waals surface area (Å²) < 4.78 is 34.1. The zero-order valence-corrected chi connectivity index (χ0v) is 19.8. The van der Waals surface area contributed by atoms with E-state index in [-0.39, 0.29) is 36.5 Å². The molecule has 0 spiro atoms. The van der Waals surface area contributed by atoms with Crippen molar-refractivity contribution in [3.8, 4) is 11.6 Å². The van der Waals surface area contributed by atoms with Crippen LogP contribution in [-0.2, 0) is 21.4 Å². The highest BCUT2D eigenvalue weighted by Gasteiger charge is 2.53. The lowest BCUT2D eigenvalue weighted by molar-refractivity contribution is -0.127. The highest BCUT2D eigenvalue weighted by atomic mass is 32.2. The molecule has 4 heterocycles. The minimum absolute atomic E-state index is 0.00887. The maximum absolute atomic E-state index is 13.1. The fraction of sp³-hybridized carbons (Fsp3) is 0.348. The van der Waals surface area contributed by atoms with Crippen LogP contribution in [0.1, 0.15) is 12.8 Å². The van der Waals surface area contributed by atoms with E-state index < -0.39 is 27.5 Å². The summed E-state index contributed by atoms with van der Waals surface area (Å²) in [5.41, 5.74) is -1.34. The molecule has 2 fully saturated rings. The van der Waals surface area contributed by atoms with Gasteiger partial charge in [-0.15, -0.1) is 0 Å². The van der Waals surface area contributed by atoms with Gasteiger partial charge in [0.15, 0.2) is 10.9 Å². The second-order valence-corrected chi connectivity index (χ2v) is 10.6. The molecule has 3 N–H and O–H groups in total. The molecule has 0 aliphatic carbocycles. The molecule has 35 heavy (non-hydrogen) atoms. The van der Waals surface area contributed by atoms with Crippen LogP contribution in [0.15, 0.2) is 53.8 Å². The number of carbonyl (C=O) groups is 2. The van der Waals surface area contributed by atoms with Crippen molar-refractivity contribution in [2.45, 2.75) is 30.0 Å². The van der Waals surface area contributed by atoms with Gasteiger partial charge in [0.1, 0.15) is 11.3 Å². The lowest BCUT2D eigenvalue weighted by Crippen LogP contribution is -2.58. The van der Waals surface area contributed by atoms with Crippen molar-refractivity contribution in [2.75, 3.05) is 20.2 Å². The van der Waals surface area contributed by atoms with E-state index >= 15 is 0 Å². The number of carbonyl (C=O) groups excluding carboxylic acids is 2. The molecule has 1 aromatic carbocycles. The Bertz CT molecular complexity index is 1400. The van der Waals surface area contributed by atoms with E-state index in [0.717, 1.165) is 5.39 Å². The Morgan fingerprint density at radius 3 is 2.60 bits per heavy atom. The Balaban J connectivity index is 1.42. The van der Waals surface area contributed by atoms with Crippen molar-refractivity contribution in [3.05, 3.63) is 48.8 Å². The van der Waals surface area contributed by atoms with E-state index in [9.17, 15) is 23.1 Å². The van der Waals surface area contributed by atoms with Gasteiger partial charge in [-0.25, -0.2) is 18.2 Å². The van der Waals surface area contributed by atoms with Crippen molar-refractivity contribution in [2.24, 2.45) is 5.92 Å². The summed E-state index contributed by atoms with van der Waals surface area (Å²) in [5.74, 6) is -0.268. The first-order valence-electron chi connectivity index (χ1n) is 11.2. The number of hydrogen-bond donors (Lipinski definition) is 3. The molecule has 12 heteroatoms. The number of nitrogens with zero attached hydrogens (tertiary/aromatic N) is 3. The Kier molecular flexibility index (Phi) is 5.64. The SMILES string of the molecule is COc1ccc2c(O)n(CC3(C4CCN(S(=O)(=O)c5ccccn5)CC4)NC(=O)NC3=O)cc2c1. The zero-order valence-electron chi connectivity index (χ0n) is 19.0. The number of sulfonamides is 1. The smallest absolute Gasteiger partial charge is 0.322 e. The van der Waals surface area contributed by atoms with Crippen LogP contribution in [0.25, 0.3) is 10.8 Å². The van der Waals surface area contributed by atoms with Crippen molar-refractivity contribution in [1.29, 1.82) is 0 Å². The van der Waals surface area contributed by atoms with E-state index in [0.29, 0.717) is 24.0 Å². The predicted molar refractivity (Wildman–Crippen MR) is 125 cm³/mol. The lowest BCUT2D eigenvalue weighted by Gasteiger charge is -2.40. The molecule has 3 amide bonds. The first kappa shape index (κ1) is 23.1. The van der Waals surface area contributed by atoms with Crippen molar-refractivity contribution in [1.82, 2.24) is 24.5 Å². The van der Waals surface area contributed by atoms with Crippen molar-refractivity contribution >= 4 is 32.7 Å². The number of fused-ring (bicyclic) bond motifs is 1. The standard InChI is InChI=1S/C23H25N5O6S/c1-34-17-5-6-18-15(12-17)13-27(20(18)29)14-23(21(30)25-22(31)26-23)16-7-10-28(11-8-16)35(32,33)19-4-2-3-9-24-19/h2-6,9,12-13,16,29H,7-8,10-11,14H2,1H3,(H2,25,26,30,31). The van der Waals surface area contributed by atoms with Crippen LogP contribution >= 0.6 is 0 Å². The van der Waals surface area contributed by atoms with Gasteiger partial charge in [0, 0.05) is 36.3 Å². The van der Waals surface area contributed by atoms with Gasteiger partial charge >= 0.3 is 6.03 Å². The molecule has 2 aliphatic heterocycles. The van der Waals surface area contributed by atoms with E-state index in [1.807, 2.05) is 0 Å². The van der Waals surface area contributed by atoms with Crippen LogP contribution in [0.5, 0.6) is 11.6 Å². The summed E-state index contributed by atoms with van der Waals surface area (Å²) >= 11 is 0. The molecular formula is C23H25N5O6S. The topological polar surface area (TPSA) is 143 Å². The summed E-state index contributed by atoms with van der Waals surface area (Å²) in [5, 5.41) is 17.2. The van der Waals surface area contributed by atoms with Gasteiger partial charge in [-0.1, -0.05) is 6.07 Å². The van der Waals surface area contributed by atoms with E-state index in [2.05, 4.69) is 15.6 Å². The maximum atomic E-state index is 13.1. The number of imide groups is 1. The molecular weight excluding hydrogens is 474 g/mol. The molecule has 2 aromatic heterocycles. The third-order valence-electron chi connectivity index (χ3n) is 6.85. The van der Waals surface area contributed by atoms with Gasteiger partial charge in [0.2, 0.25) is 0 Å². The molecule has 3 aromatic rings. The van der Waals surface area contributed by atoms with Gasteiger partial charge in [-0.3, -0.25) is 10.1 Å². The van der Waals surface area contributed by atoms with Crippen LogP contribution in [0.4, 0.5) is 4.79 Å². The minimum Gasteiger partial charge on any atom is -0.497 e.